The highest BCUT2D eigenvalue weighted by Crippen LogP contribution is 2.18. The third kappa shape index (κ3) is 5.02. The van der Waals surface area contributed by atoms with Crippen molar-refractivity contribution in [2.45, 2.75) is 26.8 Å². The number of carbonyl (C=O) groups is 1. The Hall–Kier alpha value is -2.49. The molecule has 23 heavy (non-hydrogen) atoms. The Kier molecular flexibility index (Phi) is 6.03. The molecule has 1 amide bonds. The minimum Gasteiger partial charge on any atom is -0.494 e. The molecule has 0 bridgehead atoms. The second-order valence-corrected chi connectivity index (χ2v) is 5.35. The zero-order chi connectivity index (χ0) is 16.7. The van der Waals surface area contributed by atoms with E-state index in [1.165, 1.54) is 0 Å². The molecule has 0 spiro atoms. The zero-order valence-corrected chi connectivity index (χ0v) is 13.8. The topological polar surface area (TPSA) is 47.6 Å². The Morgan fingerprint density at radius 1 is 1.09 bits per heavy atom. The average Bonchev–Trinajstić information content (AvgIpc) is 2.55. The largest absolute Gasteiger partial charge is 0.494 e. The van der Waals surface area contributed by atoms with Gasteiger partial charge < -0.3 is 14.8 Å². The van der Waals surface area contributed by atoms with Crippen molar-refractivity contribution in [3.05, 3.63) is 59.7 Å². The normalized spacial score (nSPS) is 11.6. The summed E-state index contributed by atoms with van der Waals surface area (Å²) >= 11 is 0. The Bertz CT molecular complexity index is 637. The molecule has 4 nitrogen and oxygen atoms in total. The van der Waals surface area contributed by atoms with E-state index in [4.69, 9.17) is 9.47 Å². The molecule has 0 fully saturated rings. The maximum absolute atomic E-state index is 12.0. The van der Waals surface area contributed by atoms with Crippen molar-refractivity contribution in [2.75, 3.05) is 13.2 Å². The van der Waals surface area contributed by atoms with E-state index in [1.807, 2.05) is 69.3 Å². The smallest absolute Gasteiger partial charge is 0.258 e. The van der Waals surface area contributed by atoms with Crippen molar-refractivity contribution >= 4 is 5.91 Å². The summed E-state index contributed by atoms with van der Waals surface area (Å²) in [5.74, 6) is 1.42. The molecule has 0 aromatic heterocycles. The van der Waals surface area contributed by atoms with Crippen LogP contribution < -0.4 is 14.8 Å². The summed E-state index contributed by atoms with van der Waals surface area (Å²) in [4.78, 5) is 12.0. The van der Waals surface area contributed by atoms with Gasteiger partial charge in [-0.1, -0.05) is 30.3 Å². The highest BCUT2D eigenvalue weighted by molar-refractivity contribution is 5.78. The molecule has 4 heteroatoms. The predicted molar refractivity (Wildman–Crippen MR) is 90.8 cm³/mol. The molecule has 0 aliphatic rings. The van der Waals surface area contributed by atoms with Crippen LogP contribution in [0.2, 0.25) is 0 Å². The molecule has 0 aliphatic heterocycles. The summed E-state index contributed by atoms with van der Waals surface area (Å²) in [7, 11) is 0. The summed E-state index contributed by atoms with van der Waals surface area (Å²) in [5.41, 5.74) is 2.04. The van der Waals surface area contributed by atoms with Gasteiger partial charge in [0.25, 0.3) is 5.91 Å². The van der Waals surface area contributed by atoms with Gasteiger partial charge >= 0.3 is 0 Å². The summed E-state index contributed by atoms with van der Waals surface area (Å²) in [6.45, 7) is 6.50. The van der Waals surface area contributed by atoms with Gasteiger partial charge in [0.2, 0.25) is 0 Å². The summed E-state index contributed by atoms with van der Waals surface area (Å²) in [6, 6.07) is 15.3. The first-order valence-electron chi connectivity index (χ1n) is 7.80. The molecule has 2 rings (SSSR count). The van der Waals surface area contributed by atoms with Crippen molar-refractivity contribution in [3.63, 3.8) is 0 Å². The van der Waals surface area contributed by atoms with Gasteiger partial charge in [0.05, 0.1) is 12.6 Å². The van der Waals surface area contributed by atoms with Crippen LogP contribution >= 0.6 is 0 Å². The third-order valence-corrected chi connectivity index (χ3v) is 3.52. The van der Waals surface area contributed by atoms with Crippen LogP contribution in [0.15, 0.2) is 48.5 Å². The molecule has 2 aromatic rings. The molecule has 0 heterocycles. The van der Waals surface area contributed by atoms with Crippen molar-refractivity contribution in [1.29, 1.82) is 0 Å². The van der Waals surface area contributed by atoms with Gasteiger partial charge in [-0.15, -0.1) is 0 Å². The van der Waals surface area contributed by atoms with Crippen molar-refractivity contribution in [1.82, 2.24) is 5.32 Å². The molecule has 122 valence electrons. The highest BCUT2D eigenvalue weighted by atomic mass is 16.5. The number of aryl methyl sites for hydroxylation is 1. The highest BCUT2D eigenvalue weighted by Gasteiger charge is 2.10. The maximum Gasteiger partial charge on any atom is 0.258 e. The van der Waals surface area contributed by atoms with E-state index in [0.717, 1.165) is 22.6 Å². The van der Waals surface area contributed by atoms with E-state index < -0.39 is 0 Å². The number of nitrogens with one attached hydrogen (secondary N) is 1. The van der Waals surface area contributed by atoms with Gasteiger partial charge in [-0.25, -0.2) is 0 Å². The van der Waals surface area contributed by atoms with Crippen molar-refractivity contribution in [2.24, 2.45) is 0 Å². The molecule has 0 unspecified atom stereocenters. The first-order valence-corrected chi connectivity index (χ1v) is 7.80. The van der Waals surface area contributed by atoms with Crippen LogP contribution in [0.4, 0.5) is 0 Å². The van der Waals surface area contributed by atoms with E-state index in [2.05, 4.69) is 5.32 Å². The number of hydrogen-bond donors (Lipinski definition) is 1. The standard InChI is InChI=1S/C19H23NO3/c1-4-22-17-11-9-16(10-12-17)15(3)20-19(21)13-23-18-8-6-5-7-14(18)2/h5-12,15H,4,13H2,1-3H3,(H,20,21)/t15-/m1/s1. The first kappa shape index (κ1) is 16.9. The lowest BCUT2D eigenvalue weighted by molar-refractivity contribution is -0.123. The summed E-state index contributed by atoms with van der Waals surface area (Å²) in [5, 5.41) is 2.93. The quantitative estimate of drug-likeness (QED) is 0.849. The van der Waals surface area contributed by atoms with Crippen LogP contribution in [0.5, 0.6) is 11.5 Å². The molecular formula is C19H23NO3. The molecule has 0 saturated heterocycles. The van der Waals surface area contributed by atoms with Gasteiger partial charge in [0.15, 0.2) is 6.61 Å². The number of para-hydroxylation sites is 1. The van der Waals surface area contributed by atoms with Crippen LogP contribution in [0.3, 0.4) is 0 Å². The number of benzene rings is 2. The Labute approximate surface area is 137 Å². The first-order chi connectivity index (χ1) is 11.1. The van der Waals surface area contributed by atoms with E-state index in [1.54, 1.807) is 0 Å². The van der Waals surface area contributed by atoms with Crippen LogP contribution in [-0.2, 0) is 4.79 Å². The fourth-order valence-electron chi connectivity index (χ4n) is 2.25. The SMILES string of the molecule is CCOc1ccc([C@@H](C)NC(=O)COc2ccccc2C)cc1. The number of carbonyl (C=O) groups excluding carboxylic acids is 1. The van der Waals surface area contributed by atoms with E-state index in [-0.39, 0.29) is 18.6 Å². The third-order valence-electron chi connectivity index (χ3n) is 3.52. The minimum absolute atomic E-state index is 0.00617. The van der Waals surface area contributed by atoms with Gasteiger partial charge in [-0.3, -0.25) is 4.79 Å². The monoisotopic (exact) mass is 313 g/mol. The molecule has 0 saturated carbocycles. The number of ether oxygens (including phenoxy) is 2. The molecule has 1 N–H and O–H groups in total. The van der Waals surface area contributed by atoms with Gasteiger partial charge in [-0.2, -0.15) is 0 Å². The summed E-state index contributed by atoms with van der Waals surface area (Å²) < 4.78 is 11.0. The molecule has 0 radical (unpaired) electrons. The molecule has 2 aromatic carbocycles. The van der Waals surface area contributed by atoms with E-state index >= 15 is 0 Å². The van der Waals surface area contributed by atoms with Gasteiger partial charge in [-0.05, 0) is 50.1 Å². The number of rotatable bonds is 7. The summed E-state index contributed by atoms with van der Waals surface area (Å²) in [6.07, 6.45) is 0. The maximum atomic E-state index is 12.0. The molecule has 1 atom stereocenters. The lowest BCUT2D eigenvalue weighted by Gasteiger charge is -2.15. The van der Waals surface area contributed by atoms with Crippen LogP contribution in [0.25, 0.3) is 0 Å². The molecular weight excluding hydrogens is 290 g/mol. The van der Waals surface area contributed by atoms with E-state index in [9.17, 15) is 4.79 Å². The predicted octanol–water partition coefficient (Wildman–Crippen LogP) is 3.65. The number of hydrogen-bond acceptors (Lipinski definition) is 3. The van der Waals surface area contributed by atoms with Gasteiger partial charge in [0, 0.05) is 0 Å². The minimum atomic E-state index is -0.144. The van der Waals surface area contributed by atoms with Crippen LogP contribution in [0.1, 0.15) is 31.0 Å². The fourth-order valence-corrected chi connectivity index (χ4v) is 2.25. The van der Waals surface area contributed by atoms with Crippen LogP contribution in [0, 0.1) is 6.92 Å². The Balaban J connectivity index is 1.85. The van der Waals surface area contributed by atoms with E-state index in [0.29, 0.717) is 6.61 Å². The Morgan fingerprint density at radius 3 is 2.43 bits per heavy atom. The lowest BCUT2D eigenvalue weighted by Crippen LogP contribution is -2.31. The lowest BCUT2D eigenvalue weighted by atomic mass is 10.1. The number of amides is 1. The van der Waals surface area contributed by atoms with Crippen LogP contribution in [-0.4, -0.2) is 19.1 Å². The average molecular weight is 313 g/mol. The van der Waals surface area contributed by atoms with Crippen molar-refractivity contribution < 1.29 is 14.3 Å². The zero-order valence-electron chi connectivity index (χ0n) is 13.8. The van der Waals surface area contributed by atoms with Crippen molar-refractivity contribution in [3.8, 4) is 11.5 Å². The fraction of sp³-hybridized carbons (Fsp3) is 0.316. The molecule has 0 aliphatic carbocycles. The Morgan fingerprint density at radius 2 is 1.78 bits per heavy atom. The van der Waals surface area contributed by atoms with Gasteiger partial charge in [0.1, 0.15) is 11.5 Å². The second kappa shape index (κ2) is 8.22. The second-order valence-electron chi connectivity index (χ2n) is 5.35.